The van der Waals surface area contributed by atoms with Crippen molar-refractivity contribution >= 4 is 17.9 Å². The van der Waals surface area contributed by atoms with Crippen molar-refractivity contribution in [3.05, 3.63) is 65.9 Å². The Morgan fingerprint density at radius 2 is 1.96 bits per heavy atom. The van der Waals surface area contributed by atoms with Gasteiger partial charge in [-0.25, -0.2) is 4.79 Å². The summed E-state index contributed by atoms with van der Waals surface area (Å²) >= 11 is 0. The van der Waals surface area contributed by atoms with E-state index in [1.807, 2.05) is 0 Å². The van der Waals surface area contributed by atoms with E-state index in [0.717, 1.165) is 12.1 Å². The largest absolute Gasteiger partial charge is 0.861 e. The molecule has 0 saturated heterocycles. The van der Waals surface area contributed by atoms with E-state index in [1.54, 1.807) is 18.1 Å². The van der Waals surface area contributed by atoms with E-state index in [0.29, 0.717) is 5.56 Å². The van der Waals surface area contributed by atoms with Crippen molar-refractivity contribution in [2.24, 2.45) is 10.9 Å². The molecule has 0 N–H and O–H groups in total. The topological polar surface area (TPSA) is 61.7 Å². The van der Waals surface area contributed by atoms with E-state index >= 15 is 0 Å². The van der Waals surface area contributed by atoms with Crippen molar-refractivity contribution in [3.8, 4) is 5.75 Å². The molecule has 2 rings (SSSR count). The highest BCUT2D eigenvalue weighted by Crippen LogP contribution is 2.23. The van der Waals surface area contributed by atoms with Crippen LogP contribution in [0.15, 0.2) is 65.3 Å². The summed E-state index contributed by atoms with van der Waals surface area (Å²) in [5.74, 6) is 0.0278. The van der Waals surface area contributed by atoms with Crippen LogP contribution in [0.3, 0.4) is 0 Å². The first-order valence-corrected chi connectivity index (χ1v) is 6.76. The van der Waals surface area contributed by atoms with Gasteiger partial charge in [-0.2, -0.15) is 0 Å². The average molecular weight is 334 g/mol. The summed E-state index contributed by atoms with van der Waals surface area (Å²) in [4.78, 5) is 14.5. The van der Waals surface area contributed by atoms with Gasteiger partial charge in [-0.1, -0.05) is 30.4 Å². The highest BCUT2D eigenvalue weighted by atomic mass is 19.4. The molecule has 0 heterocycles. The fraction of sp³-hybridized carbons (Fsp3) is 0.118. The van der Waals surface area contributed by atoms with Gasteiger partial charge in [0.2, 0.25) is 0 Å². The monoisotopic (exact) mass is 334 g/mol. The number of hydrogen-bond donors (Lipinski definition) is 0. The smallest absolute Gasteiger partial charge is 0.573 e. The minimum absolute atomic E-state index is 0.188. The number of aliphatic imine (C=N–C) groups is 1. The van der Waals surface area contributed by atoms with Gasteiger partial charge in [-0.15, -0.1) is 13.2 Å². The quantitative estimate of drug-likeness (QED) is 0.483. The van der Waals surface area contributed by atoms with Crippen molar-refractivity contribution in [3.63, 3.8) is 0 Å². The summed E-state index contributed by atoms with van der Waals surface area (Å²) in [7, 11) is 0. The van der Waals surface area contributed by atoms with Crippen molar-refractivity contribution in [1.82, 2.24) is 0 Å². The van der Waals surface area contributed by atoms with Crippen LogP contribution in [0.25, 0.3) is 6.08 Å². The number of hydrogen-bond acceptors (Lipinski definition) is 4. The number of carbonyl (C=O) groups excluding carboxylic acids is 1. The van der Waals surface area contributed by atoms with Crippen LogP contribution < -0.4 is 9.84 Å². The fourth-order valence-electron chi connectivity index (χ4n) is 1.91. The first kappa shape index (κ1) is 17.3. The van der Waals surface area contributed by atoms with Crippen LogP contribution in [-0.4, -0.2) is 18.2 Å². The fourth-order valence-corrected chi connectivity index (χ4v) is 1.91. The summed E-state index contributed by atoms with van der Waals surface area (Å²) in [6.45, 7) is 0. The average Bonchev–Trinajstić information content (AvgIpc) is 2.55. The second-order valence-corrected chi connectivity index (χ2v) is 4.68. The Bertz CT molecular complexity index is 752. The highest BCUT2D eigenvalue weighted by Gasteiger charge is 2.30. The van der Waals surface area contributed by atoms with Gasteiger partial charge < -0.3 is 9.84 Å². The molecular weight excluding hydrogens is 323 g/mol. The molecule has 1 aliphatic rings. The van der Waals surface area contributed by atoms with Gasteiger partial charge in [-0.05, 0) is 35.7 Å². The van der Waals surface area contributed by atoms with Gasteiger partial charge in [0.25, 0.3) is 0 Å². The number of allylic oxidation sites excluding steroid dienone is 3. The van der Waals surface area contributed by atoms with Crippen LogP contribution in [-0.2, 0) is 4.79 Å². The molecule has 4 nitrogen and oxygen atoms in total. The van der Waals surface area contributed by atoms with Gasteiger partial charge >= 0.3 is 6.36 Å². The molecule has 1 aromatic rings. The SMILES string of the molecule is O=C=C1C=CC=CC1C([O-])=NC=Cc1ccc(OC(F)(F)F)cc1. The lowest BCUT2D eigenvalue weighted by Gasteiger charge is -2.20. The minimum atomic E-state index is -4.75. The van der Waals surface area contributed by atoms with Gasteiger partial charge in [-0.3, -0.25) is 4.99 Å². The molecule has 1 atom stereocenters. The number of alkyl halides is 3. The Kier molecular flexibility index (Phi) is 5.39. The number of benzene rings is 1. The van der Waals surface area contributed by atoms with Crippen LogP contribution in [0.1, 0.15) is 5.56 Å². The molecule has 0 amide bonds. The van der Waals surface area contributed by atoms with Gasteiger partial charge in [0, 0.05) is 17.7 Å². The second kappa shape index (κ2) is 7.48. The molecule has 24 heavy (non-hydrogen) atoms. The molecule has 0 spiro atoms. The van der Waals surface area contributed by atoms with Gasteiger partial charge in [0.05, 0.1) is 0 Å². The van der Waals surface area contributed by atoms with Gasteiger partial charge in [0.1, 0.15) is 11.7 Å². The third kappa shape index (κ3) is 5.00. The zero-order valence-electron chi connectivity index (χ0n) is 12.2. The van der Waals surface area contributed by atoms with Crippen molar-refractivity contribution in [2.45, 2.75) is 6.36 Å². The molecule has 0 bridgehead atoms. The van der Waals surface area contributed by atoms with Crippen molar-refractivity contribution in [2.75, 3.05) is 0 Å². The highest BCUT2D eigenvalue weighted by molar-refractivity contribution is 5.85. The number of rotatable bonds is 4. The van der Waals surface area contributed by atoms with Crippen LogP contribution in [0.5, 0.6) is 5.75 Å². The van der Waals surface area contributed by atoms with Crippen molar-refractivity contribution < 1.29 is 27.8 Å². The Balaban J connectivity index is 2.04. The Labute approximate surface area is 135 Å². The van der Waals surface area contributed by atoms with Crippen LogP contribution in [0.2, 0.25) is 0 Å². The minimum Gasteiger partial charge on any atom is -0.861 e. The zero-order valence-corrected chi connectivity index (χ0v) is 12.2. The predicted molar refractivity (Wildman–Crippen MR) is 80.6 cm³/mol. The van der Waals surface area contributed by atoms with E-state index in [-0.39, 0.29) is 11.3 Å². The zero-order chi connectivity index (χ0) is 17.6. The number of nitrogens with zero attached hydrogens (tertiary/aromatic N) is 1. The summed E-state index contributed by atoms with van der Waals surface area (Å²) < 4.78 is 39.9. The Hall–Kier alpha value is -3.05. The molecule has 1 aliphatic carbocycles. The van der Waals surface area contributed by atoms with E-state index < -0.39 is 18.2 Å². The lowest BCUT2D eigenvalue weighted by Crippen LogP contribution is -2.28. The maximum absolute atomic E-state index is 12.0. The molecule has 0 radical (unpaired) electrons. The molecule has 1 aromatic carbocycles. The van der Waals surface area contributed by atoms with Crippen LogP contribution in [0, 0.1) is 5.92 Å². The Morgan fingerprint density at radius 3 is 2.58 bits per heavy atom. The first-order valence-electron chi connectivity index (χ1n) is 6.76. The first-order chi connectivity index (χ1) is 11.4. The summed E-state index contributed by atoms with van der Waals surface area (Å²) in [5, 5.41) is 11.9. The lowest BCUT2D eigenvalue weighted by atomic mass is 9.96. The van der Waals surface area contributed by atoms with E-state index in [4.69, 9.17) is 0 Å². The molecule has 7 heteroatoms. The number of ether oxygens (including phenoxy) is 1. The summed E-state index contributed by atoms with van der Waals surface area (Å²) in [6.07, 6.45) is 4.17. The maximum atomic E-state index is 12.0. The molecule has 0 fully saturated rings. The van der Waals surface area contributed by atoms with E-state index in [1.165, 1.54) is 36.6 Å². The lowest BCUT2D eigenvalue weighted by molar-refractivity contribution is -0.274. The Morgan fingerprint density at radius 1 is 1.25 bits per heavy atom. The predicted octanol–water partition coefficient (Wildman–Crippen LogP) is 2.81. The normalized spacial score (nSPS) is 18.0. The molecule has 0 aromatic heterocycles. The summed E-state index contributed by atoms with van der Waals surface area (Å²) in [6, 6.07) is 5.07. The summed E-state index contributed by atoms with van der Waals surface area (Å²) in [5.41, 5.74) is 0.722. The molecular formula is C17H11F3NO3-. The third-order valence-electron chi connectivity index (χ3n) is 2.99. The van der Waals surface area contributed by atoms with E-state index in [2.05, 4.69) is 9.73 Å². The third-order valence-corrected chi connectivity index (χ3v) is 2.99. The standard InChI is InChI=1S/C17H12F3NO3/c18-17(19,20)24-14-7-5-12(6-8-14)9-10-21-16(23)15-4-2-1-3-13(15)11-22/h1-10,15H,(H,21,23)/p-1. The van der Waals surface area contributed by atoms with Crippen molar-refractivity contribution in [1.29, 1.82) is 0 Å². The van der Waals surface area contributed by atoms with E-state index in [9.17, 15) is 23.1 Å². The molecule has 0 saturated carbocycles. The van der Waals surface area contributed by atoms with Crippen LogP contribution in [0.4, 0.5) is 13.2 Å². The molecule has 0 aliphatic heterocycles. The number of halogens is 3. The molecule has 1 unspecified atom stereocenters. The molecule has 124 valence electrons. The van der Waals surface area contributed by atoms with Gasteiger partial charge in [0.15, 0.2) is 0 Å². The second-order valence-electron chi connectivity index (χ2n) is 4.68. The maximum Gasteiger partial charge on any atom is 0.573 e. The van der Waals surface area contributed by atoms with Crippen LogP contribution >= 0.6 is 0 Å².